The molecule has 1 aromatic rings. The van der Waals surface area contributed by atoms with Crippen molar-refractivity contribution in [3.8, 4) is 18.4 Å². The Bertz CT molecular complexity index is 384. The molecule has 2 nitrogen and oxygen atoms in total. The highest BCUT2D eigenvalue weighted by Crippen LogP contribution is 2.15. The first-order valence-corrected chi connectivity index (χ1v) is 5.97. The predicted octanol–water partition coefficient (Wildman–Crippen LogP) is 3.03. The highest BCUT2D eigenvalue weighted by Gasteiger charge is 2.08. The number of nitriles is 1. The first-order valence-electron chi connectivity index (χ1n) is 5.97. The number of hydrogen-bond acceptors (Lipinski definition) is 2. The van der Waals surface area contributed by atoms with E-state index in [4.69, 9.17) is 11.7 Å². The van der Waals surface area contributed by atoms with Gasteiger partial charge in [0.15, 0.2) is 0 Å². The topological polar surface area (TPSA) is 35.8 Å². The smallest absolute Gasteiger partial charge is 0.0641 e. The highest BCUT2D eigenvalue weighted by atomic mass is 14.9. The molecule has 1 unspecified atom stereocenters. The summed E-state index contributed by atoms with van der Waals surface area (Å²) in [7, 11) is 0. The van der Waals surface area contributed by atoms with Crippen LogP contribution in [0.15, 0.2) is 30.3 Å². The highest BCUT2D eigenvalue weighted by molar-refractivity contribution is 5.19. The van der Waals surface area contributed by atoms with Gasteiger partial charge in [-0.15, -0.1) is 12.3 Å². The van der Waals surface area contributed by atoms with Crippen molar-refractivity contribution >= 4 is 0 Å². The van der Waals surface area contributed by atoms with Crippen LogP contribution < -0.4 is 5.32 Å². The molecule has 0 aliphatic rings. The van der Waals surface area contributed by atoms with Gasteiger partial charge in [-0.25, -0.2) is 0 Å². The molecule has 0 fully saturated rings. The summed E-state index contributed by atoms with van der Waals surface area (Å²) < 4.78 is 0. The number of rotatable bonds is 7. The Labute approximate surface area is 104 Å². The van der Waals surface area contributed by atoms with Gasteiger partial charge in [0.25, 0.3) is 0 Å². The lowest BCUT2D eigenvalue weighted by Gasteiger charge is -2.15. The number of hydrogen-bond donors (Lipinski definition) is 1. The van der Waals surface area contributed by atoms with Crippen LogP contribution in [0.1, 0.15) is 37.3 Å². The van der Waals surface area contributed by atoms with Crippen molar-refractivity contribution in [3.63, 3.8) is 0 Å². The van der Waals surface area contributed by atoms with E-state index in [0.717, 1.165) is 25.8 Å². The Morgan fingerprint density at radius 1 is 1.24 bits per heavy atom. The summed E-state index contributed by atoms with van der Waals surface area (Å²) in [4.78, 5) is 0. The summed E-state index contributed by atoms with van der Waals surface area (Å²) in [6.07, 6.45) is 8.62. The molecule has 0 amide bonds. The van der Waals surface area contributed by atoms with E-state index < -0.39 is 0 Å². The van der Waals surface area contributed by atoms with Crippen molar-refractivity contribution in [2.24, 2.45) is 0 Å². The van der Waals surface area contributed by atoms with Gasteiger partial charge in [0.2, 0.25) is 0 Å². The summed E-state index contributed by atoms with van der Waals surface area (Å²) in [5, 5.41) is 12.2. The summed E-state index contributed by atoms with van der Waals surface area (Å²) in [5.41, 5.74) is 1.17. The van der Waals surface area contributed by atoms with Gasteiger partial charge in [-0.3, -0.25) is 0 Å². The Hall–Kier alpha value is -1.77. The molecule has 0 aromatic heterocycles. The minimum atomic E-state index is 0.132. The molecule has 0 spiro atoms. The first kappa shape index (κ1) is 13.3. The molecule has 1 rings (SSSR count). The van der Waals surface area contributed by atoms with Crippen LogP contribution >= 0.6 is 0 Å². The second-order valence-electron chi connectivity index (χ2n) is 3.94. The Kier molecular flexibility index (Phi) is 6.56. The number of unbranched alkanes of at least 4 members (excludes halogenated alkanes) is 2. The number of nitrogens with one attached hydrogen (secondary N) is 1. The van der Waals surface area contributed by atoms with Crippen molar-refractivity contribution < 1.29 is 0 Å². The molecule has 0 aliphatic carbocycles. The van der Waals surface area contributed by atoms with Gasteiger partial charge in [-0.1, -0.05) is 30.3 Å². The maximum absolute atomic E-state index is 8.82. The van der Waals surface area contributed by atoms with Crippen LogP contribution in [-0.4, -0.2) is 6.54 Å². The zero-order chi connectivity index (χ0) is 12.3. The fourth-order valence-corrected chi connectivity index (χ4v) is 1.71. The van der Waals surface area contributed by atoms with E-state index in [1.165, 1.54) is 5.56 Å². The van der Waals surface area contributed by atoms with E-state index >= 15 is 0 Å². The molecular weight excluding hydrogens is 208 g/mol. The van der Waals surface area contributed by atoms with Crippen molar-refractivity contribution in [2.45, 2.75) is 31.7 Å². The zero-order valence-electron chi connectivity index (χ0n) is 10.0. The molecule has 0 heterocycles. The van der Waals surface area contributed by atoms with Crippen LogP contribution in [0.5, 0.6) is 0 Å². The van der Waals surface area contributed by atoms with Gasteiger partial charge >= 0.3 is 0 Å². The van der Waals surface area contributed by atoms with Crippen LogP contribution in [0.25, 0.3) is 0 Å². The van der Waals surface area contributed by atoms with Gasteiger partial charge in [-0.2, -0.15) is 5.26 Å². The maximum Gasteiger partial charge on any atom is 0.0641 e. The average molecular weight is 226 g/mol. The first-order chi connectivity index (χ1) is 8.38. The third-order valence-electron chi connectivity index (χ3n) is 2.64. The molecule has 1 N–H and O–H groups in total. The quantitative estimate of drug-likeness (QED) is 0.573. The Morgan fingerprint density at radius 2 is 2.00 bits per heavy atom. The number of terminal acetylenes is 1. The molecule has 17 heavy (non-hydrogen) atoms. The Morgan fingerprint density at radius 3 is 2.65 bits per heavy atom. The minimum absolute atomic E-state index is 0.132. The van der Waals surface area contributed by atoms with Crippen LogP contribution in [0.3, 0.4) is 0 Å². The summed E-state index contributed by atoms with van der Waals surface area (Å²) >= 11 is 0. The molecule has 1 aromatic carbocycles. The average Bonchev–Trinajstić information content (AvgIpc) is 2.38. The van der Waals surface area contributed by atoms with Crippen molar-refractivity contribution in [1.29, 1.82) is 5.26 Å². The van der Waals surface area contributed by atoms with E-state index in [1.807, 2.05) is 18.2 Å². The fraction of sp³-hybridized carbons (Fsp3) is 0.400. The predicted molar refractivity (Wildman–Crippen MR) is 70.1 cm³/mol. The van der Waals surface area contributed by atoms with Gasteiger partial charge in [0.1, 0.15) is 0 Å². The van der Waals surface area contributed by atoms with Crippen LogP contribution in [0.4, 0.5) is 0 Å². The van der Waals surface area contributed by atoms with Gasteiger partial charge in [-0.05, 0) is 24.9 Å². The normalized spacial score (nSPS) is 11.4. The lowest BCUT2D eigenvalue weighted by atomic mass is 10.0. The van der Waals surface area contributed by atoms with Crippen LogP contribution in [0, 0.1) is 23.7 Å². The Balaban J connectivity index is 2.40. The molecule has 0 radical (unpaired) electrons. The summed E-state index contributed by atoms with van der Waals surface area (Å²) in [6.45, 7) is 0.906. The van der Waals surface area contributed by atoms with Crippen molar-refractivity contribution in [1.82, 2.24) is 5.32 Å². The molecule has 1 atom stereocenters. The van der Waals surface area contributed by atoms with Crippen LogP contribution in [-0.2, 0) is 0 Å². The van der Waals surface area contributed by atoms with Crippen molar-refractivity contribution in [3.05, 3.63) is 35.9 Å². The SMILES string of the molecule is C#CCCCCNC(CC#N)c1ccccc1. The van der Waals surface area contributed by atoms with Gasteiger partial charge in [0, 0.05) is 12.5 Å². The third-order valence-corrected chi connectivity index (χ3v) is 2.64. The second-order valence-corrected chi connectivity index (χ2v) is 3.94. The second kappa shape index (κ2) is 8.39. The van der Waals surface area contributed by atoms with Gasteiger partial charge in [0.05, 0.1) is 12.5 Å². The number of nitrogens with zero attached hydrogens (tertiary/aromatic N) is 1. The molecule has 0 bridgehead atoms. The number of benzene rings is 1. The molecular formula is C15H18N2. The van der Waals surface area contributed by atoms with E-state index in [2.05, 4.69) is 29.4 Å². The van der Waals surface area contributed by atoms with E-state index in [1.54, 1.807) is 0 Å². The monoisotopic (exact) mass is 226 g/mol. The van der Waals surface area contributed by atoms with E-state index in [9.17, 15) is 0 Å². The zero-order valence-corrected chi connectivity index (χ0v) is 10.0. The summed E-state index contributed by atoms with van der Waals surface area (Å²) in [6, 6.07) is 12.4. The molecule has 0 saturated heterocycles. The van der Waals surface area contributed by atoms with E-state index in [-0.39, 0.29) is 6.04 Å². The van der Waals surface area contributed by atoms with E-state index in [0.29, 0.717) is 6.42 Å². The fourth-order valence-electron chi connectivity index (χ4n) is 1.71. The molecule has 2 heteroatoms. The molecule has 0 aliphatic heterocycles. The summed E-state index contributed by atoms with van der Waals surface area (Å²) in [5.74, 6) is 2.63. The largest absolute Gasteiger partial charge is 0.309 e. The van der Waals surface area contributed by atoms with Crippen LogP contribution in [0.2, 0.25) is 0 Å². The lowest BCUT2D eigenvalue weighted by molar-refractivity contribution is 0.524. The van der Waals surface area contributed by atoms with Crippen molar-refractivity contribution in [2.75, 3.05) is 6.54 Å². The maximum atomic E-state index is 8.82. The third kappa shape index (κ3) is 5.20. The lowest BCUT2D eigenvalue weighted by Crippen LogP contribution is -2.22. The van der Waals surface area contributed by atoms with Gasteiger partial charge < -0.3 is 5.32 Å². The molecule has 0 saturated carbocycles. The standard InChI is InChI=1S/C15H18N2/c1-2-3-4-8-13-17-15(11-12-16)14-9-6-5-7-10-14/h1,5-7,9-10,15,17H,3-4,8,11,13H2. The molecule has 88 valence electrons. The minimum Gasteiger partial charge on any atom is -0.309 e.